The van der Waals surface area contributed by atoms with Gasteiger partial charge in [0.2, 0.25) is 5.76 Å². The number of rotatable bonds is 4. The van der Waals surface area contributed by atoms with Crippen LogP contribution in [0.4, 0.5) is 0 Å². The van der Waals surface area contributed by atoms with E-state index in [2.05, 4.69) is 0 Å². The van der Waals surface area contributed by atoms with E-state index in [4.69, 9.17) is 13.6 Å². The van der Waals surface area contributed by atoms with E-state index in [9.17, 15) is 9.59 Å². The summed E-state index contributed by atoms with van der Waals surface area (Å²) in [6.07, 6.45) is 1.56. The fourth-order valence-corrected chi connectivity index (χ4v) is 4.37. The zero-order valence-corrected chi connectivity index (χ0v) is 17.5. The van der Waals surface area contributed by atoms with Crippen LogP contribution in [0.15, 0.2) is 68.4 Å². The molecule has 4 aromatic rings. The number of methoxy groups -OCH3 is 1. The summed E-state index contributed by atoms with van der Waals surface area (Å²) in [4.78, 5) is 28.7. The van der Waals surface area contributed by atoms with Crippen LogP contribution in [0.5, 0.6) is 5.75 Å². The van der Waals surface area contributed by atoms with Crippen LogP contribution in [0.25, 0.3) is 11.0 Å². The molecule has 0 aliphatic carbocycles. The van der Waals surface area contributed by atoms with Crippen LogP contribution >= 0.6 is 0 Å². The average Bonchev–Trinajstić information content (AvgIpc) is 3.37. The molecular weight excluding hydrogens is 394 g/mol. The summed E-state index contributed by atoms with van der Waals surface area (Å²) in [7, 11) is 1.58. The molecule has 1 amide bonds. The number of amides is 1. The van der Waals surface area contributed by atoms with Crippen LogP contribution in [-0.4, -0.2) is 17.9 Å². The van der Waals surface area contributed by atoms with Crippen LogP contribution in [-0.2, 0) is 6.54 Å². The second-order valence-corrected chi connectivity index (χ2v) is 7.82. The summed E-state index contributed by atoms with van der Waals surface area (Å²) in [5, 5.41) is 0.483. The van der Waals surface area contributed by atoms with Gasteiger partial charge in [-0.1, -0.05) is 18.2 Å². The van der Waals surface area contributed by atoms with Gasteiger partial charge in [-0.25, -0.2) is 0 Å². The van der Waals surface area contributed by atoms with Crippen molar-refractivity contribution in [3.63, 3.8) is 0 Å². The quantitative estimate of drug-likeness (QED) is 0.481. The van der Waals surface area contributed by atoms with Crippen molar-refractivity contribution >= 4 is 16.9 Å². The van der Waals surface area contributed by atoms with Crippen molar-refractivity contribution in [2.45, 2.75) is 26.4 Å². The molecule has 31 heavy (non-hydrogen) atoms. The van der Waals surface area contributed by atoms with Crippen molar-refractivity contribution in [2.24, 2.45) is 0 Å². The Morgan fingerprint density at radius 2 is 1.90 bits per heavy atom. The van der Waals surface area contributed by atoms with Gasteiger partial charge in [-0.05, 0) is 60.9 Å². The van der Waals surface area contributed by atoms with E-state index in [-0.39, 0.29) is 23.6 Å². The first-order chi connectivity index (χ1) is 15.0. The molecule has 1 aliphatic heterocycles. The number of carbonyl (C=O) groups is 1. The molecule has 1 atom stereocenters. The summed E-state index contributed by atoms with van der Waals surface area (Å²) in [6.45, 7) is 4.03. The van der Waals surface area contributed by atoms with E-state index in [0.29, 0.717) is 28.0 Å². The van der Waals surface area contributed by atoms with E-state index in [1.54, 1.807) is 30.4 Å². The maximum absolute atomic E-state index is 13.7. The number of fused-ring (bicyclic) bond motifs is 2. The Balaban J connectivity index is 1.78. The number of benzene rings is 2. The van der Waals surface area contributed by atoms with Crippen molar-refractivity contribution < 1.29 is 18.4 Å². The van der Waals surface area contributed by atoms with Crippen molar-refractivity contribution in [1.82, 2.24) is 4.90 Å². The lowest BCUT2D eigenvalue weighted by atomic mass is 9.97. The zero-order chi connectivity index (χ0) is 21.7. The highest BCUT2D eigenvalue weighted by atomic mass is 16.5. The Labute approximate surface area is 178 Å². The largest absolute Gasteiger partial charge is 0.497 e. The van der Waals surface area contributed by atoms with Crippen LogP contribution < -0.4 is 10.2 Å². The van der Waals surface area contributed by atoms with Gasteiger partial charge in [0.25, 0.3) is 5.91 Å². The molecule has 6 nitrogen and oxygen atoms in total. The monoisotopic (exact) mass is 415 g/mol. The molecule has 6 heteroatoms. The van der Waals surface area contributed by atoms with Gasteiger partial charge in [-0.15, -0.1) is 0 Å². The summed E-state index contributed by atoms with van der Waals surface area (Å²) < 4.78 is 17.0. The van der Waals surface area contributed by atoms with Crippen molar-refractivity contribution in [3.8, 4) is 5.75 Å². The molecule has 0 spiro atoms. The first-order valence-electron chi connectivity index (χ1n) is 10.0. The number of carbonyl (C=O) groups excluding carboxylic acids is 1. The molecule has 0 saturated heterocycles. The van der Waals surface area contributed by atoms with Crippen LogP contribution in [0.3, 0.4) is 0 Å². The number of hydrogen-bond acceptors (Lipinski definition) is 5. The lowest BCUT2D eigenvalue weighted by Gasteiger charge is -2.24. The fraction of sp³-hybridized carbons (Fsp3) is 0.200. The van der Waals surface area contributed by atoms with Gasteiger partial charge >= 0.3 is 0 Å². The minimum atomic E-state index is -0.607. The predicted octanol–water partition coefficient (Wildman–Crippen LogP) is 4.76. The fourth-order valence-electron chi connectivity index (χ4n) is 4.37. The minimum absolute atomic E-state index is 0.0869. The molecule has 0 fully saturated rings. The molecule has 3 heterocycles. The van der Waals surface area contributed by atoms with Gasteiger partial charge in [-0.3, -0.25) is 9.59 Å². The molecule has 1 aliphatic rings. The number of aryl methyl sites for hydroxylation is 2. The topological polar surface area (TPSA) is 72.9 Å². The molecule has 0 bridgehead atoms. The summed E-state index contributed by atoms with van der Waals surface area (Å²) in [6, 6.07) is 14.1. The highest BCUT2D eigenvalue weighted by Gasteiger charge is 2.43. The van der Waals surface area contributed by atoms with Crippen LogP contribution in [0.1, 0.15) is 44.6 Å². The van der Waals surface area contributed by atoms with E-state index in [0.717, 1.165) is 16.7 Å². The molecule has 0 radical (unpaired) electrons. The standard InChI is InChI=1S/C25H21NO5/c1-14-10-15(2)23-19(11-14)22(27)20-21(16-6-4-7-17(12-16)29-3)26(25(28)24(20)31-23)13-18-8-5-9-30-18/h4-12,21H,13H2,1-3H3. The van der Waals surface area contributed by atoms with Gasteiger partial charge in [0, 0.05) is 0 Å². The molecule has 156 valence electrons. The van der Waals surface area contributed by atoms with Gasteiger partial charge in [-0.2, -0.15) is 0 Å². The van der Waals surface area contributed by atoms with Crippen LogP contribution in [0, 0.1) is 13.8 Å². The lowest BCUT2D eigenvalue weighted by molar-refractivity contribution is 0.0701. The first kappa shape index (κ1) is 19.2. The SMILES string of the molecule is COc1cccc(C2c3c(oc4c(C)cc(C)cc4c3=O)C(=O)N2Cc2ccco2)c1. The molecule has 5 rings (SSSR count). The number of ether oxygens (including phenoxy) is 1. The summed E-state index contributed by atoms with van der Waals surface area (Å²) in [5.74, 6) is 1.02. The molecule has 2 aromatic heterocycles. The second-order valence-electron chi connectivity index (χ2n) is 7.82. The van der Waals surface area contributed by atoms with Gasteiger partial charge < -0.3 is 18.5 Å². The molecule has 2 aromatic carbocycles. The van der Waals surface area contributed by atoms with E-state index in [1.165, 1.54) is 0 Å². The second kappa shape index (κ2) is 7.16. The normalized spacial score (nSPS) is 15.5. The van der Waals surface area contributed by atoms with Gasteiger partial charge in [0.05, 0.1) is 36.9 Å². The minimum Gasteiger partial charge on any atom is -0.497 e. The van der Waals surface area contributed by atoms with E-state index < -0.39 is 6.04 Å². The highest BCUT2D eigenvalue weighted by Crippen LogP contribution is 2.40. The molecule has 0 saturated carbocycles. The Hall–Kier alpha value is -3.80. The zero-order valence-electron chi connectivity index (χ0n) is 17.5. The molecular formula is C25H21NO5. The highest BCUT2D eigenvalue weighted by molar-refractivity contribution is 5.99. The Morgan fingerprint density at radius 1 is 1.06 bits per heavy atom. The average molecular weight is 415 g/mol. The number of furan rings is 1. The number of hydrogen-bond donors (Lipinski definition) is 0. The van der Waals surface area contributed by atoms with Gasteiger partial charge in [0.15, 0.2) is 5.43 Å². The lowest BCUT2D eigenvalue weighted by Crippen LogP contribution is -2.29. The number of nitrogens with zero attached hydrogens (tertiary/aromatic N) is 1. The van der Waals surface area contributed by atoms with E-state index in [1.807, 2.05) is 50.2 Å². The van der Waals surface area contributed by atoms with E-state index >= 15 is 0 Å². The third-order valence-electron chi connectivity index (χ3n) is 5.71. The smallest absolute Gasteiger partial charge is 0.291 e. The maximum Gasteiger partial charge on any atom is 0.291 e. The Morgan fingerprint density at radius 3 is 2.65 bits per heavy atom. The third kappa shape index (κ3) is 3.03. The Bertz CT molecular complexity index is 1370. The molecule has 0 N–H and O–H groups in total. The van der Waals surface area contributed by atoms with Crippen molar-refractivity contribution in [3.05, 3.63) is 98.8 Å². The summed E-state index contributed by atoms with van der Waals surface area (Å²) >= 11 is 0. The van der Waals surface area contributed by atoms with Crippen molar-refractivity contribution in [1.29, 1.82) is 0 Å². The van der Waals surface area contributed by atoms with Gasteiger partial charge in [0.1, 0.15) is 17.1 Å². The molecule has 1 unspecified atom stereocenters. The predicted molar refractivity (Wildman–Crippen MR) is 115 cm³/mol. The summed E-state index contributed by atoms with van der Waals surface area (Å²) in [5.41, 5.74) is 3.17. The maximum atomic E-state index is 13.7. The third-order valence-corrected chi connectivity index (χ3v) is 5.71. The van der Waals surface area contributed by atoms with Crippen LogP contribution in [0.2, 0.25) is 0 Å². The first-order valence-corrected chi connectivity index (χ1v) is 10.0. The van der Waals surface area contributed by atoms with Crippen molar-refractivity contribution in [2.75, 3.05) is 7.11 Å². The Kier molecular flexibility index (Phi) is 4.43.